The quantitative estimate of drug-likeness (QED) is 0.777. The second-order valence-corrected chi connectivity index (χ2v) is 6.44. The molecule has 2 rings (SSSR count). The number of methoxy groups -OCH3 is 1. The molecule has 1 atom stereocenters. The fraction of sp³-hybridized carbons (Fsp3) is 0.267. The number of hydrogen-bond acceptors (Lipinski definition) is 4. The van der Waals surface area contributed by atoms with Gasteiger partial charge in [0.2, 0.25) is 0 Å². The molecular formula is C15H17ClN2O3S. The Morgan fingerprint density at radius 1 is 1.41 bits per heavy atom. The number of halogens is 1. The summed E-state index contributed by atoms with van der Waals surface area (Å²) in [5, 5.41) is 15.3. The summed E-state index contributed by atoms with van der Waals surface area (Å²) < 4.78 is 5.66. The largest absolute Gasteiger partial charge is 0.504 e. The monoisotopic (exact) mass is 340 g/mol. The van der Waals surface area contributed by atoms with E-state index in [0.717, 1.165) is 10.4 Å². The zero-order valence-electron chi connectivity index (χ0n) is 12.2. The van der Waals surface area contributed by atoms with E-state index in [0.29, 0.717) is 16.6 Å². The minimum atomic E-state index is -0.285. The zero-order chi connectivity index (χ0) is 16.1. The molecule has 0 aliphatic heterocycles. The lowest BCUT2D eigenvalue weighted by atomic mass is 10.2. The van der Waals surface area contributed by atoms with Crippen molar-refractivity contribution < 1.29 is 14.6 Å². The molecule has 1 aromatic heterocycles. The Hall–Kier alpha value is -1.92. The predicted molar refractivity (Wildman–Crippen MR) is 87.8 cm³/mol. The van der Waals surface area contributed by atoms with E-state index in [-0.39, 0.29) is 17.8 Å². The van der Waals surface area contributed by atoms with E-state index in [1.807, 2.05) is 13.0 Å². The van der Waals surface area contributed by atoms with Crippen LogP contribution in [0.4, 0.5) is 4.79 Å². The third-order valence-electron chi connectivity index (χ3n) is 3.06. The molecule has 0 aliphatic carbocycles. The number of urea groups is 1. The van der Waals surface area contributed by atoms with E-state index in [1.54, 1.807) is 24.3 Å². The first-order chi connectivity index (χ1) is 10.5. The van der Waals surface area contributed by atoms with E-state index in [1.165, 1.54) is 18.4 Å². The van der Waals surface area contributed by atoms with Crippen LogP contribution in [0.3, 0.4) is 0 Å². The zero-order valence-corrected chi connectivity index (χ0v) is 13.8. The summed E-state index contributed by atoms with van der Waals surface area (Å²) in [4.78, 5) is 12.9. The molecule has 7 heteroatoms. The number of aromatic hydroxyl groups is 1. The van der Waals surface area contributed by atoms with Crippen LogP contribution >= 0.6 is 22.9 Å². The molecule has 0 bridgehead atoms. The maximum atomic E-state index is 11.9. The second kappa shape index (κ2) is 7.38. The lowest BCUT2D eigenvalue weighted by molar-refractivity contribution is 0.237. The summed E-state index contributed by atoms with van der Waals surface area (Å²) in [6.07, 6.45) is 0. The van der Waals surface area contributed by atoms with Crippen LogP contribution in [0, 0.1) is 0 Å². The van der Waals surface area contributed by atoms with Crippen molar-refractivity contribution in [1.82, 2.24) is 10.6 Å². The molecule has 0 fully saturated rings. The standard InChI is InChI=1S/C15H17ClN2O3S/c1-9(13-5-6-14(16)22-13)18-15(20)17-8-10-3-4-12(21-2)11(19)7-10/h3-7,9,19H,8H2,1-2H3,(H2,17,18,20)/t9-/m1/s1. The highest BCUT2D eigenvalue weighted by atomic mass is 35.5. The summed E-state index contributed by atoms with van der Waals surface area (Å²) >= 11 is 7.31. The molecule has 0 aliphatic rings. The maximum Gasteiger partial charge on any atom is 0.315 e. The van der Waals surface area contributed by atoms with Crippen molar-refractivity contribution in [3.63, 3.8) is 0 Å². The molecule has 2 amide bonds. The molecule has 0 radical (unpaired) electrons. The highest BCUT2D eigenvalue weighted by Gasteiger charge is 2.11. The molecular weight excluding hydrogens is 324 g/mol. The lowest BCUT2D eigenvalue weighted by Crippen LogP contribution is -2.36. The van der Waals surface area contributed by atoms with Gasteiger partial charge in [0.15, 0.2) is 11.5 Å². The van der Waals surface area contributed by atoms with Crippen LogP contribution < -0.4 is 15.4 Å². The van der Waals surface area contributed by atoms with Crippen molar-refractivity contribution in [3.05, 3.63) is 45.1 Å². The van der Waals surface area contributed by atoms with E-state index in [4.69, 9.17) is 16.3 Å². The molecule has 3 N–H and O–H groups in total. The molecule has 118 valence electrons. The van der Waals surface area contributed by atoms with Gasteiger partial charge < -0.3 is 20.5 Å². The summed E-state index contributed by atoms with van der Waals surface area (Å²) in [6, 6.07) is 8.27. The molecule has 1 heterocycles. The van der Waals surface area contributed by atoms with Gasteiger partial charge in [-0.3, -0.25) is 0 Å². The summed E-state index contributed by atoms with van der Waals surface area (Å²) in [7, 11) is 1.48. The van der Waals surface area contributed by atoms with Gasteiger partial charge in [0, 0.05) is 11.4 Å². The van der Waals surface area contributed by atoms with Crippen LogP contribution in [0.2, 0.25) is 4.34 Å². The number of thiophene rings is 1. The minimum Gasteiger partial charge on any atom is -0.504 e. The van der Waals surface area contributed by atoms with Crippen molar-refractivity contribution in [1.29, 1.82) is 0 Å². The summed E-state index contributed by atoms with van der Waals surface area (Å²) in [5.41, 5.74) is 0.778. The van der Waals surface area contributed by atoms with Crippen LogP contribution in [-0.4, -0.2) is 18.2 Å². The third kappa shape index (κ3) is 4.29. The SMILES string of the molecule is COc1ccc(CNC(=O)N[C@H](C)c2ccc(Cl)s2)cc1O. The molecule has 22 heavy (non-hydrogen) atoms. The molecule has 0 spiro atoms. The second-order valence-electron chi connectivity index (χ2n) is 4.70. The summed E-state index contributed by atoms with van der Waals surface area (Å²) in [5.74, 6) is 0.445. The van der Waals surface area contributed by atoms with E-state index in [2.05, 4.69) is 10.6 Å². The van der Waals surface area contributed by atoms with E-state index >= 15 is 0 Å². The summed E-state index contributed by atoms with van der Waals surface area (Å²) in [6.45, 7) is 2.20. The first kappa shape index (κ1) is 16.5. The van der Waals surface area contributed by atoms with E-state index < -0.39 is 0 Å². The van der Waals surface area contributed by atoms with Crippen LogP contribution in [-0.2, 0) is 6.54 Å². The average Bonchev–Trinajstić information content (AvgIpc) is 2.92. The minimum absolute atomic E-state index is 0.0452. The fourth-order valence-corrected chi connectivity index (χ4v) is 2.97. The third-order valence-corrected chi connectivity index (χ3v) is 4.48. The Morgan fingerprint density at radius 2 is 2.18 bits per heavy atom. The number of benzene rings is 1. The van der Waals surface area contributed by atoms with Gasteiger partial charge in [0.25, 0.3) is 0 Å². The van der Waals surface area contributed by atoms with Gasteiger partial charge in [0.1, 0.15) is 0 Å². The number of ether oxygens (including phenoxy) is 1. The number of nitrogens with one attached hydrogen (secondary N) is 2. The van der Waals surface area contributed by atoms with Crippen molar-refractivity contribution in [2.24, 2.45) is 0 Å². The smallest absolute Gasteiger partial charge is 0.315 e. The maximum absolute atomic E-state index is 11.9. The van der Waals surface area contributed by atoms with Gasteiger partial charge in [-0.1, -0.05) is 17.7 Å². The number of phenolic OH excluding ortho intramolecular Hbond substituents is 1. The molecule has 5 nitrogen and oxygen atoms in total. The Labute approximate surface area is 137 Å². The number of hydrogen-bond donors (Lipinski definition) is 3. The van der Waals surface area contributed by atoms with Gasteiger partial charge in [-0.25, -0.2) is 4.79 Å². The number of carbonyl (C=O) groups is 1. The Balaban J connectivity index is 1.86. The predicted octanol–water partition coefficient (Wildman–Crippen LogP) is 3.68. The van der Waals surface area contributed by atoms with Crippen molar-refractivity contribution in [2.75, 3.05) is 7.11 Å². The number of amides is 2. The van der Waals surface area contributed by atoms with Crippen LogP contribution in [0.15, 0.2) is 30.3 Å². The highest BCUT2D eigenvalue weighted by Crippen LogP contribution is 2.27. The van der Waals surface area contributed by atoms with Gasteiger partial charge in [-0.2, -0.15) is 0 Å². The molecule has 1 aromatic carbocycles. The van der Waals surface area contributed by atoms with Crippen LogP contribution in [0.25, 0.3) is 0 Å². The highest BCUT2D eigenvalue weighted by molar-refractivity contribution is 7.16. The Bertz CT molecular complexity index is 660. The van der Waals surface area contributed by atoms with Gasteiger partial charge in [-0.15, -0.1) is 11.3 Å². The van der Waals surface area contributed by atoms with Crippen molar-refractivity contribution >= 4 is 29.0 Å². The Morgan fingerprint density at radius 3 is 2.77 bits per heavy atom. The average molecular weight is 341 g/mol. The Kier molecular flexibility index (Phi) is 5.51. The van der Waals surface area contributed by atoms with Gasteiger partial charge in [0.05, 0.1) is 17.5 Å². The van der Waals surface area contributed by atoms with Crippen molar-refractivity contribution in [3.8, 4) is 11.5 Å². The number of phenols is 1. The molecule has 0 saturated carbocycles. The topological polar surface area (TPSA) is 70.6 Å². The van der Waals surface area contributed by atoms with E-state index in [9.17, 15) is 9.90 Å². The van der Waals surface area contributed by atoms with Crippen molar-refractivity contribution in [2.45, 2.75) is 19.5 Å². The van der Waals surface area contributed by atoms with Crippen LogP contribution in [0.1, 0.15) is 23.4 Å². The molecule has 0 saturated heterocycles. The first-order valence-electron chi connectivity index (χ1n) is 6.65. The lowest BCUT2D eigenvalue weighted by Gasteiger charge is -2.13. The van der Waals surface area contributed by atoms with Crippen LogP contribution in [0.5, 0.6) is 11.5 Å². The van der Waals surface area contributed by atoms with Gasteiger partial charge >= 0.3 is 6.03 Å². The van der Waals surface area contributed by atoms with Gasteiger partial charge in [-0.05, 0) is 36.8 Å². The normalized spacial score (nSPS) is 11.8. The first-order valence-corrected chi connectivity index (χ1v) is 7.84. The molecule has 0 unspecified atom stereocenters. The number of rotatable bonds is 5. The number of carbonyl (C=O) groups excluding carboxylic acids is 1. The fourth-order valence-electron chi connectivity index (χ4n) is 1.91. The molecule has 2 aromatic rings.